The molecular formula is C25H27ClN2O2S2. The number of hydrogen-bond donors (Lipinski definition) is 1. The molecule has 1 aromatic heterocycles. The summed E-state index contributed by atoms with van der Waals surface area (Å²) in [5, 5.41) is 10.7. The summed E-state index contributed by atoms with van der Waals surface area (Å²) in [5.41, 5.74) is 4.04. The summed E-state index contributed by atoms with van der Waals surface area (Å²) in [6, 6.07) is 18.2. The fourth-order valence-corrected chi connectivity index (χ4v) is 6.02. The first-order valence-electron chi connectivity index (χ1n) is 10.3. The van der Waals surface area contributed by atoms with Gasteiger partial charge in [0.25, 0.3) is 0 Å². The number of carbonyl (C=O) groups is 1. The van der Waals surface area contributed by atoms with E-state index in [9.17, 15) is 4.79 Å². The Labute approximate surface area is 203 Å². The van der Waals surface area contributed by atoms with E-state index in [4.69, 9.17) is 16.7 Å². The molecular weight excluding hydrogens is 460 g/mol. The molecule has 0 radical (unpaired) electrons. The molecule has 0 bridgehead atoms. The first-order valence-corrected chi connectivity index (χ1v) is 12.8. The lowest BCUT2D eigenvalue weighted by atomic mass is 10.1. The number of fused-ring (bicyclic) bond motifs is 1. The molecule has 4 nitrogen and oxygen atoms in total. The lowest BCUT2D eigenvalue weighted by Crippen LogP contribution is -2.15. The fourth-order valence-electron chi connectivity index (χ4n) is 3.03. The third-order valence-corrected chi connectivity index (χ3v) is 7.76. The minimum absolute atomic E-state index is 0.173. The Morgan fingerprint density at radius 1 is 1.09 bits per heavy atom. The number of nitrogens with zero attached hydrogens (tertiary/aromatic N) is 2. The van der Waals surface area contributed by atoms with Crippen molar-refractivity contribution in [3.8, 4) is 0 Å². The topological polar surface area (TPSA) is 53.4 Å². The number of halogens is 1. The van der Waals surface area contributed by atoms with Crippen molar-refractivity contribution in [1.82, 2.24) is 9.88 Å². The van der Waals surface area contributed by atoms with Crippen LogP contribution in [0.1, 0.15) is 27.8 Å². The maximum Gasteiger partial charge on any atom is 0.304 e. The molecule has 3 rings (SSSR count). The number of thioether (sulfide) groups is 2. The van der Waals surface area contributed by atoms with E-state index >= 15 is 0 Å². The van der Waals surface area contributed by atoms with Crippen molar-refractivity contribution in [3.63, 3.8) is 0 Å². The van der Waals surface area contributed by atoms with Gasteiger partial charge in [-0.3, -0.25) is 4.79 Å². The molecule has 3 aromatic rings. The molecule has 0 saturated carbocycles. The van der Waals surface area contributed by atoms with Crippen LogP contribution in [0.15, 0.2) is 54.6 Å². The average molecular weight is 487 g/mol. The van der Waals surface area contributed by atoms with Gasteiger partial charge in [0, 0.05) is 28.5 Å². The third-order valence-electron chi connectivity index (χ3n) is 4.70. The van der Waals surface area contributed by atoms with E-state index in [0.29, 0.717) is 10.8 Å². The predicted molar refractivity (Wildman–Crippen MR) is 141 cm³/mol. The lowest BCUT2D eigenvalue weighted by molar-refractivity contribution is -0.136. The average Bonchev–Trinajstić information content (AvgIpc) is 2.76. The molecule has 0 amide bonds. The van der Waals surface area contributed by atoms with Crippen molar-refractivity contribution in [2.24, 2.45) is 0 Å². The van der Waals surface area contributed by atoms with Gasteiger partial charge in [0.15, 0.2) is 0 Å². The van der Waals surface area contributed by atoms with Crippen molar-refractivity contribution in [3.05, 3.63) is 76.4 Å². The fraction of sp³-hybridized carbons (Fsp3) is 0.280. The zero-order chi connectivity index (χ0) is 22.9. The molecule has 7 heteroatoms. The van der Waals surface area contributed by atoms with Gasteiger partial charge in [0.05, 0.1) is 22.2 Å². The van der Waals surface area contributed by atoms with E-state index in [1.165, 1.54) is 5.56 Å². The lowest BCUT2D eigenvalue weighted by Gasteiger charge is -2.18. The standard InChI is InChI=1S/C25H27ClN2O2S2/c1-28(2)13-15-32-25(31-14-12-24(29)30)20-5-3-4-18(16-20)6-10-22-11-8-19-7-9-21(26)17-23(19)27-22/h3-11,16-17,25H,12-15H2,1-2H3,(H,29,30)/b10-6+. The Morgan fingerprint density at radius 2 is 1.88 bits per heavy atom. The van der Waals surface area contributed by atoms with Gasteiger partial charge < -0.3 is 10.0 Å². The number of pyridine rings is 1. The molecule has 0 aliphatic heterocycles. The van der Waals surface area contributed by atoms with Gasteiger partial charge in [-0.1, -0.05) is 48.0 Å². The van der Waals surface area contributed by atoms with E-state index in [0.717, 1.165) is 34.5 Å². The number of benzene rings is 2. The van der Waals surface area contributed by atoms with Crippen LogP contribution in [0.5, 0.6) is 0 Å². The zero-order valence-corrected chi connectivity index (χ0v) is 20.6. The molecule has 0 saturated heterocycles. The van der Waals surface area contributed by atoms with Gasteiger partial charge in [-0.2, -0.15) is 0 Å². The molecule has 2 aromatic carbocycles. The van der Waals surface area contributed by atoms with Gasteiger partial charge in [0.1, 0.15) is 0 Å². The highest BCUT2D eigenvalue weighted by molar-refractivity contribution is 8.16. The Bertz CT molecular complexity index is 1090. The molecule has 1 atom stereocenters. The highest BCUT2D eigenvalue weighted by Gasteiger charge is 2.14. The summed E-state index contributed by atoms with van der Waals surface area (Å²) in [7, 11) is 4.13. The SMILES string of the molecule is CN(C)CCSC(SCCC(=O)O)c1cccc(/C=C/c2ccc3ccc(Cl)cc3n2)c1. The molecule has 168 valence electrons. The summed E-state index contributed by atoms with van der Waals surface area (Å²) in [5.74, 6) is 0.829. The Balaban J connectivity index is 1.75. The van der Waals surface area contributed by atoms with Crippen molar-refractivity contribution in [2.45, 2.75) is 11.0 Å². The van der Waals surface area contributed by atoms with Crippen molar-refractivity contribution in [1.29, 1.82) is 0 Å². The van der Waals surface area contributed by atoms with Crippen molar-refractivity contribution in [2.75, 3.05) is 32.1 Å². The van der Waals surface area contributed by atoms with Gasteiger partial charge in [-0.05, 0) is 55.6 Å². The molecule has 0 aliphatic rings. The van der Waals surface area contributed by atoms with Crippen molar-refractivity contribution >= 4 is 64.1 Å². The van der Waals surface area contributed by atoms with Crippen LogP contribution in [0.2, 0.25) is 5.02 Å². The van der Waals surface area contributed by atoms with E-state index < -0.39 is 5.97 Å². The Morgan fingerprint density at radius 3 is 2.66 bits per heavy atom. The quantitative estimate of drug-likeness (QED) is 0.310. The van der Waals surface area contributed by atoms with Crippen LogP contribution in [0, 0.1) is 0 Å². The number of aromatic nitrogens is 1. The maximum absolute atomic E-state index is 10.9. The molecule has 1 unspecified atom stereocenters. The van der Waals surface area contributed by atoms with Crippen LogP contribution in [0.3, 0.4) is 0 Å². The number of aliphatic carboxylic acids is 1. The maximum atomic E-state index is 10.9. The van der Waals surface area contributed by atoms with E-state index in [2.05, 4.69) is 54.3 Å². The summed E-state index contributed by atoms with van der Waals surface area (Å²) in [6.45, 7) is 0.984. The second-order valence-corrected chi connectivity index (χ2v) is 10.8. The van der Waals surface area contributed by atoms with E-state index in [1.807, 2.05) is 48.2 Å². The van der Waals surface area contributed by atoms with Crippen LogP contribution in [-0.2, 0) is 4.79 Å². The summed E-state index contributed by atoms with van der Waals surface area (Å²) in [4.78, 5) is 17.8. The van der Waals surface area contributed by atoms with Gasteiger partial charge >= 0.3 is 5.97 Å². The Kier molecular flexibility index (Phi) is 9.48. The monoisotopic (exact) mass is 486 g/mol. The highest BCUT2D eigenvalue weighted by atomic mass is 35.5. The van der Waals surface area contributed by atoms with Crippen molar-refractivity contribution < 1.29 is 9.90 Å². The molecule has 32 heavy (non-hydrogen) atoms. The zero-order valence-electron chi connectivity index (χ0n) is 18.2. The second kappa shape index (κ2) is 12.3. The second-order valence-electron chi connectivity index (χ2n) is 7.60. The van der Waals surface area contributed by atoms with Gasteiger partial charge in [-0.25, -0.2) is 4.98 Å². The van der Waals surface area contributed by atoms with Crippen LogP contribution >= 0.6 is 35.1 Å². The first-order chi connectivity index (χ1) is 15.4. The summed E-state index contributed by atoms with van der Waals surface area (Å²) < 4.78 is 0.198. The summed E-state index contributed by atoms with van der Waals surface area (Å²) in [6.07, 6.45) is 4.24. The Hall–Kier alpha value is -1.99. The minimum atomic E-state index is -0.754. The largest absolute Gasteiger partial charge is 0.481 e. The first kappa shape index (κ1) is 24.6. The van der Waals surface area contributed by atoms with Gasteiger partial charge in [0.2, 0.25) is 0 Å². The minimum Gasteiger partial charge on any atom is -0.481 e. The van der Waals surface area contributed by atoms with Gasteiger partial charge in [-0.15, -0.1) is 23.5 Å². The smallest absolute Gasteiger partial charge is 0.304 e. The van der Waals surface area contributed by atoms with E-state index in [1.54, 1.807) is 11.8 Å². The third kappa shape index (κ3) is 7.85. The van der Waals surface area contributed by atoms with E-state index in [-0.39, 0.29) is 11.0 Å². The normalized spacial score (nSPS) is 12.6. The molecule has 1 heterocycles. The molecule has 1 N–H and O–H groups in total. The number of hydrogen-bond acceptors (Lipinski definition) is 5. The summed E-state index contributed by atoms with van der Waals surface area (Å²) >= 11 is 9.66. The van der Waals surface area contributed by atoms with Crippen LogP contribution in [0.4, 0.5) is 0 Å². The molecule has 0 fully saturated rings. The number of carboxylic acid groups (broad SMARTS) is 1. The van der Waals surface area contributed by atoms with Crippen LogP contribution in [-0.4, -0.2) is 53.1 Å². The number of rotatable bonds is 11. The molecule has 0 aliphatic carbocycles. The highest BCUT2D eigenvalue weighted by Crippen LogP contribution is 2.40. The van der Waals surface area contributed by atoms with Crippen LogP contribution < -0.4 is 0 Å². The van der Waals surface area contributed by atoms with Crippen LogP contribution in [0.25, 0.3) is 23.1 Å². The number of carboxylic acids is 1. The predicted octanol–water partition coefficient (Wildman–Crippen LogP) is 6.56. The molecule has 0 spiro atoms.